The molecule has 0 aliphatic heterocycles. The smallest absolute Gasteiger partial charge is 0.153 e. The van der Waals surface area contributed by atoms with E-state index in [0.717, 1.165) is 17.7 Å². The summed E-state index contributed by atoms with van der Waals surface area (Å²) in [4.78, 5) is 10.6. The number of rotatable bonds is 3. The maximum absolute atomic E-state index is 10.6. The van der Waals surface area contributed by atoms with E-state index in [4.69, 9.17) is 0 Å². The van der Waals surface area contributed by atoms with Gasteiger partial charge in [0.1, 0.15) is 0 Å². The van der Waals surface area contributed by atoms with Gasteiger partial charge in [0.2, 0.25) is 0 Å². The molecule has 0 radical (unpaired) electrons. The average molecular weight is 164 g/mol. The number of allylic oxidation sites excluding steroid dienone is 1. The molecule has 0 amide bonds. The standard InChI is InChI=1S/C9H12N2O/c1-4-5-11-8(3)9(6-12)7(2)10-11/h4,6H,1,5H2,2-3H3. The van der Waals surface area contributed by atoms with Gasteiger partial charge in [0.25, 0.3) is 0 Å². The molecular weight excluding hydrogens is 152 g/mol. The molecule has 0 aromatic carbocycles. The normalized spacial score (nSPS) is 9.83. The Balaban J connectivity index is 3.16. The summed E-state index contributed by atoms with van der Waals surface area (Å²) < 4.78 is 1.77. The monoisotopic (exact) mass is 164 g/mol. The van der Waals surface area contributed by atoms with E-state index in [1.165, 1.54) is 0 Å². The summed E-state index contributed by atoms with van der Waals surface area (Å²) in [6.45, 7) is 7.98. The van der Waals surface area contributed by atoms with Gasteiger partial charge in [-0.05, 0) is 13.8 Å². The first-order valence-corrected chi connectivity index (χ1v) is 3.80. The summed E-state index contributed by atoms with van der Waals surface area (Å²) in [6.07, 6.45) is 2.60. The minimum atomic E-state index is 0.653. The van der Waals surface area contributed by atoms with Crippen LogP contribution in [0.4, 0.5) is 0 Å². The van der Waals surface area contributed by atoms with Gasteiger partial charge in [-0.25, -0.2) is 0 Å². The van der Waals surface area contributed by atoms with Crippen LogP contribution in [0.5, 0.6) is 0 Å². The molecule has 1 heterocycles. The number of aldehydes is 1. The van der Waals surface area contributed by atoms with E-state index >= 15 is 0 Å². The van der Waals surface area contributed by atoms with Gasteiger partial charge >= 0.3 is 0 Å². The molecule has 3 heteroatoms. The number of aryl methyl sites for hydroxylation is 1. The summed E-state index contributed by atoms with van der Waals surface area (Å²) >= 11 is 0. The second-order valence-corrected chi connectivity index (χ2v) is 2.67. The molecule has 0 saturated heterocycles. The van der Waals surface area contributed by atoms with Crippen molar-refractivity contribution >= 4 is 6.29 Å². The van der Waals surface area contributed by atoms with Gasteiger partial charge in [-0.15, -0.1) is 6.58 Å². The average Bonchev–Trinajstić information content (AvgIpc) is 2.29. The van der Waals surface area contributed by atoms with Crippen molar-refractivity contribution in [2.45, 2.75) is 20.4 Å². The second kappa shape index (κ2) is 3.34. The third-order valence-electron chi connectivity index (χ3n) is 1.86. The quantitative estimate of drug-likeness (QED) is 0.501. The van der Waals surface area contributed by atoms with Crippen molar-refractivity contribution in [2.75, 3.05) is 0 Å². The van der Waals surface area contributed by atoms with Crippen LogP contribution >= 0.6 is 0 Å². The first-order chi connectivity index (χ1) is 5.70. The van der Waals surface area contributed by atoms with Gasteiger partial charge in [-0.1, -0.05) is 6.08 Å². The largest absolute Gasteiger partial charge is 0.298 e. The molecule has 0 unspecified atom stereocenters. The van der Waals surface area contributed by atoms with Crippen molar-refractivity contribution in [3.63, 3.8) is 0 Å². The SMILES string of the molecule is C=CCn1nc(C)c(C=O)c1C. The van der Waals surface area contributed by atoms with Gasteiger partial charge in [-0.3, -0.25) is 9.48 Å². The lowest BCUT2D eigenvalue weighted by atomic mass is 10.2. The third kappa shape index (κ3) is 1.30. The lowest BCUT2D eigenvalue weighted by Crippen LogP contribution is -1.99. The van der Waals surface area contributed by atoms with Crippen molar-refractivity contribution in [3.05, 3.63) is 29.6 Å². The second-order valence-electron chi connectivity index (χ2n) is 2.67. The van der Waals surface area contributed by atoms with E-state index in [9.17, 15) is 4.79 Å². The lowest BCUT2D eigenvalue weighted by Gasteiger charge is -1.97. The predicted octanol–water partition coefficient (Wildman–Crippen LogP) is 1.50. The maximum atomic E-state index is 10.6. The van der Waals surface area contributed by atoms with Gasteiger partial charge in [0.05, 0.1) is 17.8 Å². The van der Waals surface area contributed by atoms with Gasteiger partial charge in [-0.2, -0.15) is 5.10 Å². The van der Waals surface area contributed by atoms with E-state index in [2.05, 4.69) is 11.7 Å². The van der Waals surface area contributed by atoms with Crippen LogP contribution in [-0.4, -0.2) is 16.1 Å². The van der Waals surface area contributed by atoms with Gasteiger partial charge < -0.3 is 0 Å². The number of hydrogen-bond donors (Lipinski definition) is 0. The lowest BCUT2D eigenvalue weighted by molar-refractivity contribution is 0.112. The Labute approximate surface area is 71.7 Å². The van der Waals surface area contributed by atoms with E-state index in [1.54, 1.807) is 10.8 Å². The fourth-order valence-corrected chi connectivity index (χ4v) is 1.18. The van der Waals surface area contributed by atoms with Crippen molar-refractivity contribution < 1.29 is 4.79 Å². The van der Waals surface area contributed by atoms with Gasteiger partial charge in [0.15, 0.2) is 6.29 Å². The summed E-state index contributed by atoms with van der Waals surface area (Å²) in [6, 6.07) is 0. The molecule has 0 N–H and O–H groups in total. The fraction of sp³-hybridized carbons (Fsp3) is 0.333. The van der Waals surface area contributed by atoms with Crippen LogP contribution in [-0.2, 0) is 6.54 Å². The maximum Gasteiger partial charge on any atom is 0.153 e. The zero-order valence-electron chi connectivity index (χ0n) is 7.37. The number of aromatic nitrogens is 2. The van der Waals surface area contributed by atoms with Crippen LogP contribution in [0.2, 0.25) is 0 Å². The van der Waals surface area contributed by atoms with Crippen molar-refractivity contribution in [1.29, 1.82) is 0 Å². The molecule has 3 nitrogen and oxygen atoms in total. The van der Waals surface area contributed by atoms with Crippen LogP contribution in [0, 0.1) is 13.8 Å². The Morgan fingerprint density at radius 3 is 2.67 bits per heavy atom. The number of carbonyl (C=O) groups is 1. The highest BCUT2D eigenvalue weighted by molar-refractivity contribution is 5.78. The molecule has 0 spiro atoms. The Bertz CT molecular complexity index is 313. The van der Waals surface area contributed by atoms with Crippen LogP contribution < -0.4 is 0 Å². The van der Waals surface area contributed by atoms with Crippen molar-refractivity contribution in [1.82, 2.24) is 9.78 Å². The Morgan fingerprint density at radius 2 is 2.25 bits per heavy atom. The first kappa shape index (κ1) is 8.71. The van der Waals surface area contributed by atoms with E-state index in [1.807, 2.05) is 13.8 Å². The zero-order chi connectivity index (χ0) is 9.14. The fourth-order valence-electron chi connectivity index (χ4n) is 1.18. The van der Waals surface area contributed by atoms with Crippen molar-refractivity contribution in [3.8, 4) is 0 Å². The molecule has 1 rings (SSSR count). The highest BCUT2D eigenvalue weighted by Gasteiger charge is 2.08. The molecule has 0 aliphatic rings. The molecule has 0 fully saturated rings. The van der Waals surface area contributed by atoms with Gasteiger partial charge in [0, 0.05) is 5.69 Å². The molecule has 64 valence electrons. The molecular formula is C9H12N2O. The molecule has 0 atom stereocenters. The van der Waals surface area contributed by atoms with Crippen LogP contribution in [0.15, 0.2) is 12.7 Å². The Kier molecular flexibility index (Phi) is 2.43. The molecule has 1 aromatic rings. The highest BCUT2D eigenvalue weighted by Crippen LogP contribution is 2.09. The van der Waals surface area contributed by atoms with Crippen molar-refractivity contribution in [2.24, 2.45) is 0 Å². The van der Waals surface area contributed by atoms with Crippen LogP contribution in [0.25, 0.3) is 0 Å². The number of nitrogens with zero attached hydrogens (tertiary/aromatic N) is 2. The topological polar surface area (TPSA) is 34.9 Å². The zero-order valence-corrected chi connectivity index (χ0v) is 7.37. The minimum Gasteiger partial charge on any atom is -0.298 e. The Hall–Kier alpha value is -1.38. The Morgan fingerprint density at radius 1 is 1.58 bits per heavy atom. The summed E-state index contributed by atoms with van der Waals surface area (Å²) in [5.74, 6) is 0. The van der Waals surface area contributed by atoms with Crippen LogP contribution in [0.3, 0.4) is 0 Å². The molecule has 0 aliphatic carbocycles. The highest BCUT2D eigenvalue weighted by atomic mass is 16.1. The van der Waals surface area contributed by atoms with E-state index in [0.29, 0.717) is 12.1 Å². The molecule has 12 heavy (non-hydrogen) atoms. The molecule has 1 aromatic heterocycles. The number of carbonyl (C=O) groups excluding carboxylic acids is 1. The summed E-state index contributed by atoms with van der Waals surface area (Å²) in [5, 5.41) is 4.18. The molecule has 0 bridgehead atoms. The summed E-state index contributed by atoms with van der Waals surface area (Å²) in [7, 11) is 0. The minimum absolute atomic E-state index is 0.653. The van der Waals surface area contributed by atoms with E-state index < -0.39 is 0 Å². The first-order valence-electron chi connectivity index (χ1n) is 3.80. The summed E-state index contributed by atoms with van der Waals surface area (Å²) in [5.41, 5.74) is 2.38. The van der Waals surface area contributed by atoms with E-state index in [-0.39, 0.29) is 0 Å². The third-order valence-corrected chi connectivity index (χ3v) is 1.86. The predicted molar refractivity (Wildman–Crippen MR) is 47.3 cm³/mol. The molecule has 0 saturated carbocycles. The van der Waals surface area contributed by atoms with Crippen LogP contribution in [0.1, 0.15) is 21.7 Å². The number of hydrogen-bond acceptors (Lipinski definition) is 2.